The minimum atomic E-state index is -1.15. The van der Waals surface area contributed by atoms with Crippen LogP contribution < -0.4 is 15.4 Å². The number of ether oxygens (including phenoxy) is 1. The van der Waals surface area contributed by atoms with Gasteiger partial charge in [-0.15, -0.1) is 0 Å². The number of rotatable bonds is 10. The fourth-order valence-electron chi connectivity index (χ4n) is 2.92. The van der Waals surface area contributed by atoms with Gasteiger partial charge in [0.1, 0.15) is 11.8 Å². The lowest BCUT2D eigenvalue weighted by Crippen LogP contribution is -2.42. The number of amides is 2. The van der Waals surface area contributed by atoms with Gasteiger partial charge in [-0.3, -0.25) is 9.59 Å². The molecule has 3 N–H and O–H groups in total. The summed E-state index contributed by atoms with van der Waals surface area (Å²) in [7, 11) is 1.50. The Morgan fingerprint density at radius 2 is 1.52 bits per heavy atom. The zero-order valence-electron chi connectivity index (χ0n) is 16.6. The highest BCUT2D eigenvalue weighted by Gasteiger charge is 2.22. The van der Waals surface area contributed by atoms with Crippen molar-refractivity contribution in [1.29, 1.82) is 0 Å². The molecule has 7 nitrogen and oxygen atoms in total. The Labute approximate surface area is 170 Å². The van der Waals surface area contributed by atoms with Crippen LogP contribution >= 0.6 is 0 Å². The first-order chi connectivity index (χ1) is 13.9. The maximum atomic E-state index is 12.2. The monoisotopic (exact) mass is 398 g/mol. The smallest absolute Gasteiger partial charge is 0.326 e. The number of carbonyl (C=O) groups excluding carboxylic acids is 2. The van der Waals surface area contributed by atoms with Gasteiger partial charge in [0.05, 0.1) is 13.2 Å². The van der Waals surface area contributed by atoms with Gasteiger partial charge in [0, 0.05) is 19.3 Å². The molecule has 2 aromatic carbocycles. The van der Waals surface area contributed by atoms with Crippen molar-refractivity contribution in [2.75, 3.05) is 7.11 Å². The standard InChI is InChI=1S/C22H26N2O5/c1-15(16-8-4-3-5-9-16)23-20(25)12-13-21(26)24-18(22(27)28)14-17-10-6-7-11-19(17)29-2/h3-11,15,18H,12-14H2,1-2H3,(H,23,25)(H,24,26)(H,27,28)/t15-,18-/m1/s1. The third kappa shape index (κ3) is 6.95. The van der Waals surface area contributed by atoms with Crippen LogP contribution in [0.25, 0.3) is 0 Å². The van der Waals surface area contributed by atoms with E-state index in [-0.39, 0.29) is 31.2 Å². The second-order valence-corrected chi connectivity index (χ2v) is 6.67. The topological polar surface area (TPSA) is 105 Å². The van der Waals surface area contributed by atoms with Crippen molar-refractivity contribution in [3.8, 4) is 5.75 Å². The summed E-state index contributed by atoms with van der Waals surface area (Å²) >= 11 is 0. The van der Waals surface area contributed by atoms with Crippen LogP contribution in [0.15, 0.2) is 54.6 Å². The molecule has 2 aromatic rings. The number of aliphatic carboxylic acids is 1. The average Bonchev–Trinajstić information content (AvgIpc) is 2.72. The van der Waals surface area contributed by atoms with Gasteiger partial charge in [-0.1, -0.05) is 48.5 Å². The van der Waals surface area contributed by atoms with E-state index >= 15 is 0 Å². The van der Waals surface area contributed by atoms with Crippen molar-refractivity contribution in [2.45, 2.75) is 38.3 Å². The number of para-hydroxylation sites is 1. The second-order valence-electron chi connectivity index (χ2n) is 6.67. The summed E-state index contributed by atoms with van der Waals surface area (Å²) in [6.07, 6.45) is -0.0324. The maximum Gasteiger partial charge on any atom is 0.326 e. The molecule has 2 rings (SSSR count). The number of nitrogens with one attached hydrogen (secondary N) is 2. The molecule has 0 unspecified atom stereocenters. The minimum absolute atomic E-state index is 0.0238. The van der Waals surface area contributed by atoms with E-state index in [0.29, 0.717) is 11.3 Å². The number of carboxylic acid groups (broad SMARTS) is 1. The van der Waals surface area contributed by atoms with E-state index in [1.807, 2.05) is 37.3 Å². The Morgan fingerprint density at radius 3 is 2.14 bits per heavy atom. The maximum absolute atomic E-state index is 12.2. The zero-order chi connectivity index (χ0) is 21.2. The number of benzene rings is 2. The SMILES string of the molecule is COc1ccccc1C[C@@H](NC(=O)CCC(=O)N[C@H](C)c1ccccc1)C(=O)O. The van der Waals surface area contributed by atoms with Crippen molar-refractivity contribution in [3.05, 3.63) is 65.7 Å². The van der Waals surface area contributed by atoms with Crippen molar-refractivity contribution in [1.82, 2.24) is 10.6 Å². The molecular formula is C22H26N2O5. The van der Waals surface area contributed by atoms with E-state index < -0.39 is 17.9 Å². The van der Waals surface area contributed by atoms with Gasteiger partial charge in [0.15, 0.2) is 0 Å². The van der Waals surface area contributed by atoms with Crippen LogP contribution in [0.5, 0.6) is 5.75 Å². The highest BCUT2D eigenvalue weighted by molar-refractivity contribution is 5.87. The van der Waals surface area contributed by atoms with Crippen molar-refractivity contribution in [3.63, 3.8) is 0 Å². The first kappa shape index (κ1) is 21.9. The minimum Gasteiger partial charge on any atom is -0.496 e. The predicted octanol–water partition coefficient (Wildman–Crippen LogP) is 2.46. The molecular weight excluding hydrogens is 372 g/mol. The molecule has 0 heterocycles. The van der Waals surface area contributed by atoms with Crippen molar-refractivity contribution >= 4 is 17.8 Å². The Morgan fingerprint density at radius 1 is 0.931 bits per heavy atom. The average molecular weight is 398 g/mol. The molecule has 7 heteroatoms. The summed E-state index contributed by atoms with van der Waals surface area (Å²) in [5, 5.41) is 14.7. The number of carboxylic acids is 1. The molecule has 0 aliphatic carbocycles. The van der Waals surface area contributed by atoms with E-state index in [1.165, 1.54) is 7.11 Å². The van der Waals surface area contributed by atoms with E-state index in [2.05, 4.69) is 10.6 Å². The normalized spacial score (nSPS) is 12.5. The molecule has 2 atom stereocenters. The molecule has 0 aromatic heterocycles. The molecule has 0 saturated heterocycles. The predicted molar refractivity (Wildman–Crippen MR) is 108 cm³/mol. The molecule has 2 amide bonds. The molecule has 0 bridgehead atoms. The molecule has 0 radical (unpaired) electrons. The van der Waals surface area contributed by atoms with Gasteiger partial charge in [0.25, 0.3) is 0 Å². The Kier molecular flexibility index (Phi) is 8.21. The quantitative estimate of drug-likeness (QED) is 0.570. The van der Waals surface area contributed by atoms with E-state index in [0.717, 1.165) is 5.56 Å². The molecule has 0 aliphatic heterocycles. The van der Waals surface area contributed by atoms with Crippen LogP contribution in [-0.2, 0) is 20.8 Å². The highest BCUT2D eigenvalue weighted by atomic mass is 16.5. The lowest BCUT2D eigenvalue weighted by Gasteiger charge is -2.17. The van der Waals surface area contributed by atoms with Gasteiger partial charge in [-0.2, -0.15) is 0 Å². The fourth-order valence-corrected chi connectivity index (χ4v) is 2.92. The van der Waals surface area contributed by atoms with Crippen LogP contribution in [0.3, 0.4) is 0 Å². The molecule has 0 saturated carbocycles. The summed E-state index contributed by atoms with van der Waals surface area (Å²) < 4.78 is 5.22. The van der Waals surface area contributed by atoms with Gasteiger partial charge in [-0.25, -0.2) is 4.79 Å². The van der Waals surface area contributed by atoms with Crippen molar-refractivity contribution in [2.24, 2.45) is 0 Å². The number of carbonyl (C=O) groups is 3. The number of hydrogen-bond donors (Lipinski definition) is 3. The lowest BCUT2D eigenvalue weighted by atomic mass is 10.0. The Balaban J connectivity index is 1.85. The van der Waals surface area contributed by atoms with Gasteiger partial charge < -0.3 is 20.5 Å². The van der Waals surface area contributed by atoms with Crippen LogP contribution in [-0.4, -0.2) is 36.0 Å². The summed E-state index contributed by atoms with van der Waals surface area (Å²) in [5.41, 5.74) is 1.64. The van der Waals surface area contributed by atoms with Crippen LogP contribution in [0.2, 0.25) is 0 Å². The van der Waals surface area contributed by atoms with Crippen LogP contribution in [0.4, 0.5) is 0 Å². The second kappa shape index (κ2) is 10.8. The number of hydrogen-bond acceptors (Lipinski definition) is 4. The van der Waals surface area contributed by atoms with Crippen molar-refractivity contribution < 1.29 is 24.2 Å². The third-order valence-electron chi connectivity index (χ3n) is 4.51. The number of methoxy groups -OCH3 is 1. The van der Waals surface area contributed by atoms with Crippen LogP contribution in [0.1, 0.15) is 36.9 Å². The summed E-state index contributed by atoms with van der Waals surface area (Å²) in [4.78, 5) is 35.8. The summed E-state index contributed by atoms with van der Waals surface area (Å²) in [5.74, 6) is -1.35. The first-order valence-corrected chi connectivity index (χ1v) is 9.39. The lowest BCUT2D eigenvalue weighted by molar-refractivity contribution is -0.141. The van der Waals surface area contributed by atoms with Gasteiger partial charge in [-0.05, 0) is 24.1 Å². The zero-order valence-corrected chi connectivity index (χ0v) is 16.6. The van der Waals surface area contributed by atoms with E-state index in [1.54, 1.807) is 24.3 Å². The Hall–Kier alpha value is -3.35. The van der Waals surface area contributed by atoms with E-state index in [4.69, 9.17) is 4.74 Å². The van der Waals surface area contributed by atoms with E-state index in [9.17, 15) is 19.5 Å². The first-order valence-electron chi connectivity index (χ1n) is 9.39. The summed E-state index contributed by atoms with van der Waals surface area (Å²) in [6.45, 7) is 1.86. The molecule has 154 valence electrons. The van der Waals surface area contributed by atoms with Crippen LogP contribution in [0, 0.1) is 0 Å². The Bertz CT molecular complexity index is 838. The summed E-state index contributed by atoms with van der Waals surface area (Å²) in [6, 6.07) is 15.2. The molecule has 29 heavy (non-hydrogen) atoms. The largest absolute Gasteiger partial charge is 0.496 e. The van der Waals surface area contributed by atoms with Gasteiger partial charge in [0.2, 0.25) is 11.8 Å². The van der Waals surface area contributed by atoms with Gasteiger partial charge >= 0.3 is 5.97 Å². The highest BCUT2D eigenvalue weighted by Crippen LogP contribution is 2.19. The molecule has 0 aliphatic rings. The fraction of sp³-hybridized carbons (Fsp3) is 0.318. The third-order valence-corrected chi connectivity index (χ3v) is 4.51. The molecule has 0 fully saturated rings. The molecule has 0 spiro atoms.